The Kier molecular flexibility index (Phi) is 4.28. The fourth-order valence-electron chi connectivity index (χ4n) is 2.90. The topological polar surface area (TPSA) is 64.3 Å². The van der Waals surface area contributed by atoms with Crippen LogP contribution in [0.3, 0.4) is 0 Å². The van der Waals surface area contributed by atoms with E-state index in [-0.39, 0.29) is 11.9 Å². The summed E-state index contributed by atoms with van der Waals surface area (Å²) in [5, 5.41) is 3.08. The van der Waals surface area contributed by atoms with Crippen LogP contribution in [0.5, 0.6) is 0 Å². The molecule has 0 aromatic rings. The molecular formula is C14H26N2O2. The third-order valence-electron chi connectivity index (χ3n) is 4.72. The summed E-state index contributed by atoms with van der Waals surface area (Å²) in [6.07, 6.45) is 5.06. The van der Waals surface area contributed by atoms with Gasteiger partial charge in [0.15, 0.2) is 0 Å². The molecule has 2 unspecified atom stereocenters. The van der Waals surface area contributed by atoms with Gasteiger partial charge in [-0.2, -0.15) is 0 Å². The highest BCUT2D eigenvalue weighted by Gasteiger charge is 2.44. The first kappa shape index (κ1) is 13.8. The summed E-state index contributed by atoms with van der Waals surface area (Å²) in [5.41, 5.74) is 5.42. The number of ether oxygens (including phenoxy) is 1. The van der Waals surface area contributed by atoms with Crippen LogP contribution in [-0.2, 0) is 9.53 Å². The van der Waals surface area contributed by atoms with Crippen molar-refractivity contribution in [3.63, 3.8) is 0 Å². The quantitative estimate of drug-likeness (QED) is 0.797. The number of rotatable bonds is 3. The lowest BCUT2D eigenvalue weighted by Gasteiger charge is -2.29. The molecule has 2 atom stereocenters. The highest BCUT2D eigenvalue weighted by Crippen LogP contribution is 2.29. The van der Waals surface area contributed by atoms with Gasteiger partial charge in [-0.25, -0.2) is 0 Å². The maximum atomic E-state index is 12.2. The largest absolute Gasteiger partial charge is 0.379 e. The molecule has 18 heavy (non-hydrogen) atoms. The zero-order chi connectivity index (χ0) is 13.2. The van der Waals surface area contributed by atoms with Crippen molar-refractivity contribution in [2.24, 2.45) is 23.0 Å². The van der Waals surface area contributed by atoms with Crippen molar-refractivity contribution in [1.82, 2.24) is 5.32 Å². The first-order valence-corrected chi connectivity index (χ1v) is 7.14. The Bertz CT molecular complexity index is 300. The number of amides is 1. The van der Waals surface area contributed by atoms with Crippen LogP contribution >= 0.6 is 0 Å². The van der Waals surface area contributed by atoms with E-state index >= 15 is 0 Å². The molecule has 0 aromatic heterocycles. The van der Waals surface area contributed by atoms with Crippen molar-refractivity contribution in [3.05, 3.63) is 0 Å². The molecule has 1 aliphatic heterocycles. The van der Waals surface area contributed by atoms with Crippen molar-refractivity contribution in [3.8, 4) is 0 Å². The van der Waals surface area contributed by atoms with E-state index < -0.39 is 5.41 Å². The van der Waals surface area contributed by atoms with Crippen LogP contribution < -0.4 is 11.1 Å². The molecule has 0 spiro atoms. The average molecular weight is 254 g/mol. The summed E-state index contributed by atoms with van der Waals surface area (Å²) >= 11 is 0. The molecule has 0 radical (unpaired) electrons. The van der Waals surface area contributed by atoms with Gasteiger partial charge >= 0.3 is 0 Å². The van der Waals surface area contributed by atoms with E-state index in [1.165, 1.54) is 25.7 Å². The number of carbonyl (C=O) groups is 1. The maximum absolute atomic E-state index is 12.2. The fourth-order valence-corrected chi connectivity index (χ4v) is 2.90. The van der Waals surface area contributed by atoms with E-state index in [2.05, 4.69) is 12.2 Å². The van der Waals surface area contributed by atoms with Crippen molar-refractivity contribution >= 4 is 5.91 Å². The first-order valence-electron chi connectivity index (χ1n) is 7.14. The summed E-state index contributed by atoms with van der Waals surface area (Å²) in [7, 11) is 0. The minimum absolute atomic E-state index is 0.0612. The van der Waals surface area contributed by atoms with E-state index in [9.17, 15) is 4.79 Å². The first-order chi connectivity index (χ1) is 8.52. The molecule has 0 bridgehead atoms. The smallest absolute Gasteiger partial charge is 0.229 e. The monoisotopic (exact) mass is 254 g/mol. The Morgan fingerprint density at radius 2 is 2.06 bits per heavy atom. The van der Waals surface area contributed by atoms with Gasteiger partial charge in [-0.05, 0) is 31.6 Å². The highest BCUT2D eigenvalue weighted by molar-refractivity contribution is 5.83. The lowest BCUT2D eigenvalue weighted by atomic mass is 9.82. The normalized spacial score (nSPS) is 40.7. The maximum Gasteiger partial charge on any atom is 0.229 e. The second kappa shape index (κ2) is 5.57. The molecule has 1 heterocycles. The van der Waals surface area contributed by atoms with Crippen LogP contribution in [0.1, 0.15) is 39.5 Å². The number of hydrogen-bond donors (Lipinski definition) is 2. The highest BCUT2D eigenvalue weighted by atomic mass is 16.5. The van der Waals surface area contributed by atoms with Gasteiger partial charge < -0.3 is 15.8 Å². The molecule has 1 aliphatic carbocycles. The Morgan fingerprint density at radius 3 is 2.61 bits per heavy atom. The van der Waals surface area contributed by atoms with Gasteiger partial charge in [0.1, 0.15) is 0 Å². The summed E-state index contributed by atoms with van der Waals surface area (Å²) in [5.74, 6) is 1.56. The van der Waals surface area contributed by atoms with Gasteiger partial charge in [0.05, 0.1) is 18.6 Å². The SMILES string of the molecule is CC1CCC(CNC(=O)C2(C)COCC2N)CC1. The molecule has 2 aliphatic rings. The molecule has 1 saturated carbocycles. The lowest BCUT2D eigenvalue weighted by molar-refractivity contribution is -0.130. The second-order valence-corrected chi connectivity index (χ2v) is 6.38. The molecule has 0 aromatic carbocycles. The van der Waals surface area contributed by atoms with Crippen molar-refractivity contribution < 1.29 is 9.53 Å². The Labute approximate surface area is 110 Å². The Balaban J connectivity index is 1.78. The van der Waals surface area contributed by atoms with Crippen molar-refractivity contribution in [1.29, 1.82) is 0 Å². The summed E-state index contributed by atoms with van der Waals surface area (Å²) in [6, 6.07) is -0.177. The van der Waals surface area contributed by atoms with Gasteiger partial charge in [-0.3, -0.25) is 4.79 Å². The third-order valence-corrected chi connectivity index (χ3v) is 4.72. The predicted octanol–water partition coefficient (Wildman–Crippen LogP) is 1.29. The minimum Gasteiger partial charge on any atom is -0.379 e. The average Bonchev–Trinajstić information content (AvgIpc) is 2.70. The molecule has 3 N–H and O–H groups in total. The van der Waals surface area contributed by atoms with Gasteiger partial charge in [0.2, 0.25) is 5.91 Å². The zero-order valence-electron chi connectivity index (χ0n) is 11.6. The summed E-state index contributed by atoms with van der Waals surface area (Å²) in [4.78, 5) is 12.2. The van der Waals surface area contributed by atoms with Crippen LogP contribution in [0.25, 0.3) is 0 Å². The Morgan fingerprint density at radius 1 is 1.39 bits per heavy atom. The molecule has 1 amide bonds. The molecule has 4 heteroatoms. The zero-order valence-corrected chi connectivity index (χ0v) is 11.6. The van der Waals surface area contributed by atoms with Crippen LogP contribution in [0, 0.1) is 17.3 Å². The Hall–Kier alpha value is -0.610. The molecule has 2 rings (SSSR count). The van der Waals surface area contributed by atoms with Gasteiger partial charge in [0.25, 0.3) is 0 Å². The number of hydrogen-bond acceptors (Lipinski definition) is 3. The van der Waals surface area contributed by atoms with E-state index in [1.807, 2.05) is 6.92 Å². The third kappa shape index (κ3) is 2.86. The van der Waals surface area contributed by atoms with E-state index in [4.69, 9.17) is 10.5 Å². The fraction of sp³-hybridized carbons (Fsp3) is 0.929. The summed E-state index contributed by atoms with van der Waals surface area (Å²) < 4.78 is 5.31. The number of nitrogens with one attached hydrogen (secondary N) is 1. The predicted molar refractivity (Wildman–Crippen MR) is 71.0 cm³/mol. The van der Waals surface area contributed by atoms with E-state index in [0.717, 1.165) is 12.5 Å². The van der Waals surface area contributed by atoms with E-state index in [0.29, 0.717) is 19.1 Å². The van der Waals surface area contributed by atoms with Crippen molar-refractivity contribution in [2.45, 2.75) is 45.6 Å². The lowest BCUT2D eigenvalue weighted by Crippen LogP contribution is -2.50. The van der Waals surface area contributed by atoms with Gasteiger partial charge in [0, 0.05) is 12.6 Å². The molecule has 104 valence electrons. The van der Waals surface area contributed by atoms with Gasteiger partial charge in [-0.1, -0.05) is 19.8 Å². The number of nitrogens with two attached hydrogens (primary N) is 1. The molecule has 4 nitrogen and oxygen atoms in total. The van der Waals surface area contributed by atoms with Gasteiger partial charge in [-0.15, -0.1) is 0 Å². The standard InChI is InChI=1S/C14H26N2O2/c1-10-3-5-11(6-4-10)7-16-13(17)14(2)9-18-8-12(14)15/h10-12H,3-9,15H2,1-2H3,(H,16,17). The molecular weight excluding hydrogens is 228 g/mol. The molecule has 2 fully saturated rings. The van der Waals surface area contributed by atoms with E-state index in [1.54, 1.807) is 0 Å². The van der Waals surface area contributed by atoms with Crippen molar-refractivity contribution in [2.75, 3.05) is 19.8 Å². The van der Waals surface area contributed by atoms with Crippen LogP contribution in [0.15, 0.2) is 0 Å². The number of carbonyl (C=O) groups excluding carboxylic acids is 1. The molecule has 1 saturated heterocycles. The summed E-state index contributed by atoms with van der Waals surface area (Å²) in [6.45, 7) is 5.95. The van der Waals surface area contributed by atoms with Crippen LogP contribution in [0.2, 0.25) is 0 Å². The second-order valence-electron chi connectivity index (χ2n) is 6.38. The minimum atomic E-state index is -0.540. The van der Waals surface area contributed by atoms with Crippen LogP contribution in [0.4, 0.5) is 0 Å². The van der Waals surface area contributed by atoms with Crippen LogP contribution in [-0.4, -0.2) is 31.7 Å².